The molecule has 2 rings (SSSR count). The Morgan fingerprint density at radius 2 is 2.64 bits per heavy atom. The van der Waals surface area contributed by atoms with Crippen molar-refractivity contribution >= 4 is 0 Å². The number of aliphatic hydroxyl groups excluding tert-OH is 1. The Morgan fingerprint density at radius 1 is 1.71 bits per heavy atom. The number of aromatic amines is 1. The zero-order valence-corrected chi connectivity index (χ0v) is 8.15. The number of nitrogens with one attached hydrogen (secondary N) is 1. The molecule has 0 aromatic carbocycles. The van der Waals surface area contributed by atoms with Crippen LogP contribution in [-0.4, -0.2) is 27.8 Å². The van der Waals surface area contributed by atoms with Gasteiger partial charge >= 0.3 is 0 Å². The molecule has 4 heteroatoms. The molecule has 1 aliphatic heterocycles. The summed E-state index contributed by atoms with van der Waals surface area (Å²) in [6.45, 7) is 0.877. The first-order valence-electron chi connectivity index (χ1n) is 5.15. The van der Waals surface area contributed by atoms with E-state index in [1.165, 1.54) is 0 Å². The molecule has 1 aromatic heterocycles. The van der Waals surface area contributed by atoms with Gasteiger partial charge in [-0.2, -0.15) is 0 Å². The number of hydrogen-bond acceptors (Lipinski definition) is 3. The van der Waals surface area contributed by atoms with Gasteiger partial charge in [-0.15, -0.1) is 0 Å². The maximum absolute atomic E-state index is 9.72. The molecule has 2 unspecified atom stereocenters. The van der Waals surface area contributed by atoms with Crippen molar-refractivity contribution < 1.29 is 9.84 Å². The predicted octanol–water partition coefficient (Wildman–Crippen LogP) is 1.40. The van der Waals surface area contributed by atoms with Crippen molar-refractivity contribution in [1.29, 1.82) is 0 Å². The van der Waals surface area contributed by atoms with E-state index in [1.807, 2.05) is 0 Å². The molecule has 1 saturated heterocycles. The number of ether oxygens (including phenoxy) is 1. The summed E-state index contributed by atoms with van der Waals surface area (Å²) in [6.07, 6.45) is 7.18. The Balaban J connectivity index is 1.74. The molecule has 2 atom stereocenters. The fourth-order valence-corrected chi connectivity index (χ4v) is 1.81. The van der Waals surface area contributed by atoms with E-state index in [4.69, 9.17) is 4.74 Å². The molecule has 2 heterocycles. The Labute approximate surface area is 83.3 Å². The molecule has 78 valence electrons. The average molecular weight is 196 g/mol. The Bertz CT molecular complexity index is 255. The summed E-state index contributed by atoms with van der Waals surface area (Å²) < 4.78 is 5.48. The maximum atomic E-state index is 9.72. The summed E-state index contributed by atoms with van der Waals surface area (Å²) in [7, 11) is 0. The summed E-state index contributed by atoms with van der Waals surface area (Å²) in [5, 5.41) is 9.72. The SMILES string of the molecule is OC(CCC1CCCO1)c1ncc[nH]1. The summed E-state index contributed by atoms with van der Waals surface area (Å²) in [6, 6.07) is 0. The average Bonchev–Trinajstić information content (AvgIpc) is 2.87. The molecule has 2 N–H and O–H groups in total. The standard InChI is InChI=1S/C10H16N2O2/c13-9(10-11-5-6-12-10)4-3-8-2-1-7-14-8/h5-6,8-9,13H,1-4,7H2,(H,11,12). The molecule has 0 radical (unpaired) electrons. The van der Waals surface area contributed by atoms with Crippen molar-refractivity contribution in [2.24, 2.45) is 0 Å². The van der Waals surface area contributed by atoms with Crippen LogP contribution in [-0.2, 0) is 4.74 Å². The summed E-state index contributed by atoms with van der Waals surface area (Å²) in [5.41, 5.74) is 0. The van der Waals surface area contributed by atoms with Gasteiger partial charge in [-0.1, -0.05) is 0 Å². The highest BCUT2D eigenvalue weighted by molar-refractivity contribution is 4.91. The first kappa shape index (κ1) is 9.68. The van der Waals surface area contributed by atoms with Gasteiger partial charge in [-0.25, -0.2) is 4.98 Å². The zero-order chi connectivity index (χ0) is 9.80. The van der Waals surface area contributed by atoms with Crippen LogP contribution in [0.3, 0.4) is 0 Å². The molecule has 1 aliphatic rings. The van der Waals surface area contributed by atoms with Gasteiger partial charge in [0.05, 0.1) is 6.10 Å². The van der Waals surface area contributed by atoms with Gasteiger partial charge in [-0.3, -0.25) is 0 Å². The first-order valence-corrected chi connectivity index (χ1v) is 5.15. The van der Waals surface area contributed by atoms with Crippen LogP contribution in [0.25, 0.3) is 0 Å². The third-order valence-corrected chi connectivity index (χ3v) is 2.62. The van der Waals surface area contributed by atoms with Gasteiger partial charge in [0.15, 0.2) is 0 Å². The van der Waals surface area contributed by atoms with Crippen LogP contribution in [0.4, 0.5) is 0 Å². The minimum absolute atomic E-state index is 0.347. The van der Waals surface area contributed by atoms with Crippen LogP contribution in [0.1, 0.15) is 37.6 Å². The van der Waals surface area contributed by atoms with Crippen molar-refractivity contribution in [3.63, 3.8) is 0 Å². The van der Waals surface area contributed by atoms with Gasteiger partial charge < -0.3 is 14.8 Å². The summed E-state index contributed by atoms with van der Waals surface area (Å²) in [5.74, 6) is 0.656. The van der Waals surface area contributed by atoms with Crippen molar-refractivity contribution in [2.75, 3.05) is 6.61 Å². The number of imidazole rings is 1. The van der Waals surface area contributed by atoms with E-state index in [-0.39, 0.29) is 0 Å². The fourth-order valence-electron chi connectivity index (χ4n) is 1.81. The molecule has 0 spiro atoms. The fraction of sp³-hybridized carbons (Fsp3) is 0.700. The van der Waals surface area contributed by atoms with E-state index in [1.54, 1.807) is 12.4 Å². The van der Waals surface area contributed by atoms with E-state index in [9.17, 15) is 5.11 Å². The third-order valence-electron chi connectivity index (χ3n) is 2.62. The largest absolute Gasteiger partial charge is 0.385 e. The Kier molecular flexibility index (Phi) is 3.16. The van der Waals surface area contributed by atoms with E-state index in [0.717, 1.165) is 32.3 Å². The van der Waals surface area contributed by atoms with E-state index in [2.05, 4.69) is 9.97 Å². The van der Waals surface area contributed by atoms with Crippen LogP contribution in [0, 0.1) is 0 Å². The number of H-pyrrole nitrogens is 1. The second-order valence-electron chi connectivity index (χ2n) is 3.70. The van der Waals surface area contributed by atoms with Crippen LogP contribution < -0.4 is 0 Å². The molecule has 14 heavy (non-hydrogen) atoms. The normalized spacial score (nSPS) is 23.9. The highest BCUT2D eigenvalue weighted by Gasteiger charge is 2.18. The van der Waals surface area contributed by atoms with Gasteiger partial charge in [-0.05, 0) is 25.7 Å². The monoisotopic (exact) mass is 196 g/mol. The van der Waals surface area contributed by atoms with Gasteiger partial charge in [0.2, 0.25) is 0 Å². The van der Waals surface area contributed by atoms with E-state index < -0.39 is 6.10 Å². The van der Waals surface area contributed by atoms with Crippen molar-refractivity contribution in [2.45, 2.75) is 37.9 Å². The van der Waals surface area contributed by atoms with Gasteiger partial charge in [0, 0.05) is 19.0 Å². The van der Waals surface area contributed by atoms with Crippen LogP contribution >= 0.6 is 0 Å². The molecule has 0 bridgehead atoms. The number of aromatic nitrogens is 2. The lowest BCUT2D eigenvalue weighted by molar-refractivity contribution is 0.0792. The van der Waals surface area contributed by atoms with E-state index in [0.29, 0.717) is 11.9 Å². The van der Waals surface area contributed by atoms with Gasteiger partial charge in [0.25, 0.3) is 0 Å². The molecule has 4 nitrogen and oxygen atoms in total. The number of nitrogens with zero attached hydrogens (tertiary/aromatic N) is 1. The maximum Gasteiger partial charge on any atom is 0.135 e. The highest BCUT2D eigenvalue weighted by atomic mass is 16.5. The molecular weight excluding hydrogens is 180 g/mol. The highest BCUT2D eigenvalue weighted by Crippen LogP contribution is 2.21. The zero-order valence-electron chi connectivity index (χ0n) is 8.15. The summed E-state index contributed by atoms with van der Waals surface area (Å²) in [4.78, 5) is 6.93. The van der Waals surface area contributed by atoms with E-state index >= 15 is 0 Å². The number of rotatable bonds is 4. The number of aliphatic hydroxyl groups is 1. The second kappa shape index (κ2) is 4.57. The van der Waals surface area contributed by atoms with Crippen LogP contribution in [0.5, 0.6) is 0 Å². The second-order valence-corrected chi connectivity index (χ2v) is 3.70. The van der Waals surface area contributed by atoms with Crippen LogP contribution in [0.15, 0.2) is 12.4 Å². The summed E-state index contributed by atoms with van der Waals surface area (Å²) >= 11 is 0. The minimum Gasteiger partial charge on any atom is -0.385 e. The molecule has 1 aromatic rings. The molecule has 0 saturated carbocycles. The van der Waals surface area contributed by atoms with Crippen LogP contribution in [0.2, 0.25) is 0 Å². The topological polar surface area (TPSA) is 58.1 Å². The lowest BCUT2D eigenvalue weighted by atomic mass is 10.1. The van der Waals surface area contributed by atoms with Crippen molar-refractivity contribution in [1.82, 2.24) is 9.97 Å². The third kappa shape index (κ3) is 2.33. The number of hydrogen-bond donors (Lipinski definition) is 2. The Morgan fingerprint density at radius 3 is 3.29 bits per heavy atom. The Hall–Kier alpha value is -0.870. The van der Waals surface area contributed by atoms with Crippen molar-refractivity contribution in [3.05, 3.63) is 18.2 Å². The van der Waals surface area contributed by atoms with Crippen molar-refractivity contribution in [3.8, 4) is 0 Å². The molecular formula is C10H16N2O2. The smallest absolute Gasteiger partial charge is 0.135 e. The molecule has 1 fully saturated rings. The quantitative estimate of drug-likeness (QED) is 0.765. The molecule has 0 aliphatic carbocycles. The minimum atomic E-state index is -0.478. The lowest BCUT2D eigenvalue weighted by Gasteiger charge is -2.11. The molecule has 0 amide bonds. The predicted molar refractivity (Wildman–Crippen MR) is 51.8 cm³/mol. The van der Waals surface area contributed by atoms with Gasteiger partial charge in [0.1, 0.15) is 11.9 Å². The first-order chi connectivity index (χ1) is 6.86. The lowest BCUT2D eigenvalue weighted by Crippen LogP contribution is -2.08.